The lowest BCUT2D eigenvalue weighted by Crippen LogP contribution is -2.55. The third-order valence-corrected chi connectivity index (χ3v) is 5.18. The fraction of sp³-hybridized carbons (Fsp3) is 0.667. The van der Waals surface area contributed by atoms with Gasteiger partial charge in [0.25, 0.3) is 0 Å². The Morgan fingerprint density at radius 1 is 1.26 bits per heavy atom. The first-order valence-electron chi connectivity index (χ1n) is 8.17. The second-order valence-corrected chi connectivity index (χ2v) is 7.11. The fourth-order valence-electron chi connectivity index (χ4n) is 3.64. The first-order valence-corrected chi connectivity index (χ1v) is 8.17. The van der Waals surface area contributed by atoms with Crippen LogP contribution in [0.15, 0.2) is 18.2 Å². The van der Waals surface area contributed by atoms with Gasteiger partial charge in [-0.05, 0) is 77.5 Å². The van der Waals surface area contributed by atoms with Crippen molar-refractivity contribution in [2.75, 3.05) is 34.2 Å². The van der Waals surface area contributed by atoms with Crippen molar-refractivity contribution in [2.45, 2.75) is 44.3 Å². The monoisotopic (exact) mass is 328 g/mol. The highest BCUT2D eigenvalue weighted by atomic mass is 19.4. The van der Waals surface area contributed by atoms with Gasteiger partial charge in [0, 0.05) is 12.1 Å². The van der Waals surface area contributed by atoms with Crippen LogP contribution in [0, 0.1) is 6.92 Å². The molecule has 2 nitrogen and oxygen atoms in total. The van der Waals surface area contributed by atoms with E-state index >= 15 is 0 Å². The molecule has 1 fully saturated rings. The summed E-state index contributed by atoms with van der Waals surface area (Å²) >= 11 is 0. The predicted molar refractivity (Wildman–Crippen MR) is 87.7 cm³/mol. The van der Waals surface area contributed by atoms with Gasteiger partial charge >= 0.3 is 6.18 Å². The summed E-state index contributed by atoms with van der Waals surface area (Å²) in [5.74, 6) is 0. The van der Waals surface area contributed by atoms with Crippen molar-refractivity contribution < 1.29 is 13.2 Å². The molecule has 1 heterocycles. The van der Waals surface area contributed by atoms with Gasteiger partial charge in [-0.1, -0.05) is 12.1 Å². The van der Waals surface area contributed by atoms with Crippen molar-refractivity contribution in [1.29, 1.82) is 0 Å². The lowest BCUT2D eigenvalue weighted by molar-refractivity contribution is -0.138. The van der Waals surface area contributed by atoms with Crippen LogP contribution in [0.4, 0.5) is 13.2 Å². The lowest BCUT2D eigenvalue weighted by Gasteiger charge is -2.46. The van der Waals surface area contributed by atoms with Crippen molar-refractivity contribution in [2.24, 2.45) is 0 Å². The largest absolute Gasteiger partial charge is 0.416 e. The predicted octanol–water partition coefficient (Wildman–Crippen LogP) is 3.97. The van der Waals surface area contributed by atoms with Gasteiger partial charge in [0.1, 0.15) is 0 Å². The Balaban J connectivity index is 2.16. The molecule has 1 aromatic carbocycles. The third-order valence-electron chi connectivity index (χ3n) is 5.18. The molecule has 1 atom stereocenters. The number of nitrogens with zero attached hydrogens (tertiary/aromatic N) is 2. The van der Waals surface area contributed by atoms with E-state index in [4.69, 9.17) is 0 Å². The number of halogens is 3. The Kier molecular flexibility index (Phi) is 5.41. The van der Waals surface area contributed by atoms with Crippen LogP contribution in [0.1, 0.15) is 36.0 Å². The summed E-state index contributed by atoms with van der Waals surface area (Å²) in [6.07, 6.45) is -0.483. The molecule has 0 unspecified atom stereocenters. The Morgan fingerprint density at radius 2 is 1.96 bits per heavy atom. The van der Waals surface area contributed by atoms with E-state index in [0.717, 1.165) is 37.9 Å². The third kappa shape index (κ3) is 4.27. The number of benzene rings is 1. The summed E-state index contributed by atoms with van der Waals surface area (Å²) in [7, 11) is 6.27. The number of rotatable bonds is 4. The van der Waals surface area contributed by atoms with Crippen molar-refractivity contribution in [1.82, 2.24) is 9.80 Å². The highest BCUT2D eigenvalue weighted by molar-refractivity contribution is 5.33. The summed E-state index contributed by atoms with van der Waals surface area (Å²) in [6.45, 7) is 3.58. The average Bonchev–Trinajstić information content (AvgIpc) is 2.45. The first-order chi connectivity index (χ1) is 10.6. The molecule has 2 rings (SSSR count). The van der Waals surface area contributed by atoms with E-state index in [-0.39, 0.29) is 5.54 Å². The maximum atomic E-state index is 13.1. The molecule has 0 N–H and O–H groups in total. The van der Waals surface area contributed by atoms with E-state index in [0.29, 0.717) is 12.0 Å². The van der Waals surface area contributed by atoms with Crippen LogP contribution in [-0.2, 0) is 12.6 Å². The van der Waals surface area contributed by atoms with E-state index in [1.54, 1.807) is 6.07 Å². The highest BCUT2D eigenvalue weighted by Crippen LogP contribution is 2.34. The summed E-state index contributed by atoms with van der Waals surface area (Å²) in [6, 6.07) is 4.75. The van der Waals surface area contributed by atoms with Crippen LogP contribution in [-0.4, -0.2) is 49.6 Å². The van der Waals surface area contributed by atoms with Crippen molar-refractivity contribution in [3.05, 3.63) is 34.9 Å². The molecule has 1 aliphatic rings. The molecule has 0 radical (unpaired) electrons. The smallest absolute Gasteiger partial charge is 0.305 e. The van der Waals surface area contributed by atoms with Gasteiger partial charge < -0.3 is 9.80 Å². The summed E-state index contributed by atoms with van der Waals surface area (Å²) in [5.41, 5.74) is 0.615. The molecule has 0 amide bonds. The summed E-state index contributed by atoms with van der Waals surface area (Å²) < 4.78 is 39.2. The quantitative estimate of drug-likeness (QED) is 0.825. The van der Waals surface area contributed by atoms with Crippen LogP contribution < -0.4 is 0 Å². The number of likely N-dealkylation sites (N-methyl/N-ethyl adjacent to an activating group) is 2. The Labute approximate surface area is 137 Å². The van der Waals surface area contributed by atoms with Gasteiger partial charge in [-0.3, -0.25) is 0 Å². The van der Waals surface area contributed by atoms with E-state index in [1.807, 2.05) is 6.07 Å². The molecule has 0 spiro atoms. The molecule has 1 aliphatic heterocycles. The zero-order chi connectivity index (χ0) is 17.3. The zero-order valence-corrected chi connectivity index (χ0v) is 14.5. The minimum absolute atomic E-state index is 0.0519. The molecular formula is C18H27F3N2. The van der Waals surface area contributed by atoms with Gasteiger partial charge in [0.2, 0.25) is 0 Å². The average molecular weight is 328 g/mol. The van der Waals surface area contributed by atoms with Crippen molar-refractivity contribution >= 4 is 0 Å². The molecule has 0 aliphatic carbocycles. The second kappa shape index (κ2) is 6.81. The Morgan fingerprint density at radius 3 is 2.52 bits per heavy atom. The molecule has 0 saturated carbocycles. The molecular weight excluding hydrogens is 301 g/mol. The van der Waals surface area contributed by atoms with E-state index in [2.05, 4.69) is 30.9 Å². The number of alkyl halides is 3. The van der Waals surface area contributed by atoms with Crippen LogP contribution in [0.25, 0.3) is 0 Å². The molecule has 0 aromatic heterocycles. The molecule has 0 bridgehead atoms. The van der Waals surface area contributed by atoms with Gasteiger partial charge in [-0.15, -0.1) is 0 Å². The number of hydrogen-bond donors (Lipinski definition) is 0. The topological polar surface area (TPSA) is 6.48 Å². The molecule has 5 heteroatoms. The van der Waals surface area contributed by atoms with Gasteiger partial charge in [0.15, 0.2) is 0 Å². The standard InChI is InChI=1S/C18H27F3N2/c1-14-6-7-15(12-16(14)18(19,20)21)8-10-17(22(2)3)9-5-11-23(4)13-17/h6-7,12H,5,8-11,13H2,1-4H3/t17-/m1/s1. The van der Waals surface area contributed by atoms with Crippen LogP contribution in [0.2, 0.25) is 0 Å². The molecule has 23 heavy (non-hydrogen) atoms. The number of hydrogen-bond acceptors (Lipinski definition) is 2. The van der Waals surface area contributed by atoms with Crippen LogP contribution in [0.3, 0.4) is 0 Å². The molecule has 1 saturated heterocycles. The molecule has 1 aromatic rings. The number of likely N-dealkylation sites (tertiary alicyclic amines) is 1. The minimum atomic E-state index is -4.27. The number of aryl methyl sites for hydroxylation is 2. The Bertz CT molecular complexity index is 540. The number of piperidine rings is 1. The summed E-state index contributed by atoms with van der Waals surface area (Å²) in [5, 5.41) is 0. The zero-order valence-electron chi connectivity index (χ0n) is 14.5. The van der Waals surface area contributed by atoms with Gasteiger partial charge in [-0.2, -0.15) is 13.2 Å². The maximum Gasteiger partial charge on any atom is 0.416 e. The van der Waals surface area contributed by atoms with Crippen LogP contribution >= 0.6 is 0 Å². The van der Waals surface area contributed by atoms with E-state index in [1.165, 1.54) is 13.0 Å². The van der Waals surface area contributed by atoms with E-state index < -0.39 is 11.7 Å². The van der Waals surface area contributed by atoms with Gasteiger partial charge in [0.05, 0.1) is 5.56 Å². The lowest BCUT2D eigenvalue weighted by atomic mass is 9.82. The van der Waals surface area contributed by atoms with Crippen molar-refractivity contribution in [3.63, 3.8) is 0 Å². The second-order valence-electron chi connectivity index (χ2n) is 7.11. The Hall–Kier alpha value is -1.07. The molecule has 130 valence electrons. The first kappa shape index (κ1) is 18.3. The normalized spacial score (nSPS) is 23.5. The van der Waals surface area contributed by atoms with Crippen LogP contribution in [0.5, 0.6) is 0 Å². The maximum absolute atomic E-state index is 13.1. The van der Waals surface area contributed by atoms with Crippen molar-refractivity contribution in [3.8, 4) is 0 Å². The SMILES string of the molecule is Cc1ccc(CC[C@]2(N(C)C)CCCN(C)C2)cc1C(F)(F)F. The highest BCUT2D eigenvalue weighted by Gasteiger charge is 2.36. The minimum Gasteiger partial charge on any atom is -0.305 e. The summed E-state index contributed by atoms with van der Waals surface area (Å²) in [4.78, 5) is 4.57. The van der Waals surface area contributed by atoms with Gasteiger partial charge in [-0.25, -0.2) is 0 Å². The van der Waals surface area contributed by atoms with E-state index in [9.17, 15) is 13.2 Å². The fourth-order valence-corrected chi connectivity index (χ4v) is 3.64.